The standard InChI is InChI=1S/C20H23BrN2O3/c21-17-7-4-8-18(13-17)26-15-20(24)22-19(16-5-2-1-3-6-16)14-23-9-11-25-12-10-23/h1-8,13,19H,9-12,14-15H2,(H,22,24)/t19-/m1/s1. The third-order valence-corrected chi connectivity index (χ3v) is 4.74. The molecule has 0 radical (unpaired) electrons. The van der Waals surface area contributed by atoms with Gasteiger partial charge in [0.05, 0.1) is 19.3 Å². The molecule has 6 heteroatoms. The van der Waals surface area contributed by atoms with Crippen molar-refractivity contribution in [1.82, 2.24) is 10.2 Å². The van der Waals surface area contributed by atoms with E-state index in [1.807, 2.05) is 54.6 Å². The van der Waals surface area contributed by atoms with Crippen molar-refractivity contribution in [2.24, 2.45) is 0 Å². The number of hydrogen-bond donors (Lipinski definition) is 1. The topological polar surface area (TPSA) is 50.8 Å². The summed E-state index contributed by atoms with van der Waals surface area (Å²) < 4.78 is 11.9. The fraction of sp³-hybridized carbons (Fsp3) is 0.350. The number of carbonyl (C=O) groups is 1. The molecule has 138 valence electrons. The number of ether oxygens (including phenoxy) is 2. The summed E-state index contributed by atoms with van der Waals surface area (Å²) in [6.07, 6.45) is 0. The lowest BCUT2D eigenvalue weighted by Crippen LogP contribution is -2.44. The van der Waals surface area contributed by atoms with Gasteiger partial charge in [0.25, 0.3) is 5.91 Å². The molecular formula is C20H23BrN2O3. The zero-order chi connectivity index (χ0) is 18.2. The maximum Gasteiger partial charge on any atom is 0.258 e. The van der Waals surface area contributed by atoms with E-state index >= 15 is 0 Å². The Morgan fingerprint density at radius 3 is 2.65 bits per heavy atom. The lowest BCUT2D eigenvalue weighted by atomic mass is 10.1. The number of amides is 1. The van der Waals surface area contributed by atoms with Crippen LogP contribution < -0.4 is 10.1 Å². The second-order valence-electron chi connectivity index (χ2n) is 6.19. The molecule has 1 saturated heterocycles. The van der Waals surface area contributed by atoms with Gasteiger partial charge >= 0.3 is 0 Å². The van der Waals surface area contributed by atoms with Crippen molar-refractivity contribution in [3.8, 4) is 5.75 Å². The van der Waals surface area contributed by atoms with E-state index in [1.54, 1.807) is 0 Å². The van der Waals surface area contributed by atoms with Gasteiger partial charge in [0, 0.05) is 24.1 Å². The molecule has 26 heavy (non-hydrogen) atoms. The molecule has 2 aromatic carbocycles. The second kappa shape index (κ2) is 9.71. The average molecular weight is 419 g/mol. The molecule has 1 fully saturated rings. The lowest BCUT2D eigenvalue weighted by Gasteiger charge is -2.31. The van der Waals surface area contributed by atoms with E-state index in [1.165, 1.54) is 0 Å². The highest BCUT2D eigenvalue weighted by Crippen LogP contribution is 2.18. The lowest BCUT2D eigenvalue weighted by molar-refractivity contribution is -0.124. The van der Waals surface area contributed by atoms with Crippen LogP contribution in [0.1, 0.15) is 11.6 Å². The van der Waals surface area contributed by atoms with Gasteiger partial charge in [0.15, 0.2) is 6.61 Å². The fourth-order valence-electron chi connectivity index (χ4n) is 2.90. The van der Waals surface area contributed by atoms with Crippen molar-refractivity contribution in [2.75, 3.05) is 39.5 Å². The molecule has 0 saturated carbocycles. The highest BCUT2D eigenvalue weighted by atomic mass is 79.9. The summed E-state index contributed by atoms with van der Waals surface area (Å²) in [4.78, 5) is 14.8. The Morgan fingerprint density at radius 1 is 1.15 bits per heavy atom. The average Bonchev–Trinajstić information content (AvgIpc) is 2.67. The van der Waals surface area contributed by atoms with Gasteiger partial charge in [0.2, 0.25) is 0 Å². The first-order valence-electron chi connectivity index (χ1n) is 8.73. The molecule has 5 nitrogen and oxygen atoms in total. The molecule has 1 amide bonds. The second-order valence-corrected chi connectivity index (χ2v) is 7.11. The Labute approximate surface area is 162 Å². The van der Waals surface area contributed by atoms with Crippen molar-refractivity contribution in [2.45, 2.75) is 6.04 Å². The number of rotatable bonds is 7. The largest absolute Gasteiger partial charge is 0.484 e. The summed E-state index contributed by atoms with van der Waals surface area (Å²) in [6.45, 7) is 3.99. The fourth-order valence-corrected chi connectivity index (χ4v) is 3.28. The normalized spacial score (nSPS) is 16.0. The van der Waals surface area contributed by atoms with Crippen LogP contribution in [0.5, 0.6) is 5.75 Å². The van der Waals surface area contributed by atoms with Crippen LogP contribution in [0.15, 0.2) is 59.1 Å². The third kappa shape index (κ3) is 5.83. The number of nitrogens with zero attached hydrogens (tertiary/aromatic N) is 1. The number of nitrogens with one attached hydrogen (secondary N) is 1. The van der Waals surface area contributed by atoms with E-state index in [9.17, 15) is 4.79 Å². The molecule has 1 aliphatic heterocycles. The molecule has 0 aliphatic carbocycles. The van der Waals surface area contributed by atoms with Crippen LogP contribution >= 0.6 is 15.9 Å². The van der Waals surface area contributed by atoms with Crippen LogP contribution in [0, 0.1) is 0 Å². The molecule has 2 aromatic rings. The van der Waals surface area contributed by atoms with E-state index in [-0.39, 0.29) is 18.6 Å². The Balaban J connectivity index is 1.59. The summed E-state index contributed by atoms with van der Waals surface area (Å²) in [7, 11) is 0. The molecular weight excluding hydrogens is 396 g/mol. The van der Waals surface area contributed by atoms with Crippen molar-refractivity contribution in [3.63, 3.8) is 0 Å². The van der Waals surface area contributed by atoms with Gasteiger partial charge in [-0.2, -0.15) is 0 Å². The van der Waals surface area contributed by atoms with E-state index in [0.717, 1.165) is 42.9 Å². The SMILES string of the molecule is O=C(COc1cccc(Br)c1)N[C@H](CN1CCOCC1)c1ccccc1. The maximum absolute atomic E-state index is 12.4. The number of halogens is 1. The molecule has 1 atom stereocenters. The summed E-state index contributed by atoms with van der Waals surface area (Å²) in [6, 6.07) is 17.4. The molecule has 1 heterocycles. The molecule has 1 aliphatic rings. The predicted octanol–water partition coefficient (Wildman–Crippen LogP) is 3.02. The molecule has 1 N–H and O–H groups in total. The zero-order valence-electron chi connectivity index (χ0n) is 14.6. The van der Waals surface area contributed by atoms with E-state index in [0.29, 0.717) is 5.75 Å². The van der Waals surface area contributed by atoms with Crippen LogP contribution in [-0.2, 0) is 9.53 Å². The first-order chi connectivity index (χ1) is 12.7. The monoisotopic (exact) mass is 418 g/mol. The Bertz CT molecular complexity index is 705. The smallest absolute Gasteiger partial charge is 0.258 e. The van der Waals surface area contributed by atoms with Crippen LogP contribution in [0.4, 0.5) is 0 Å². The zero-order valence-corrected chi connectivity index (χ0v) is 16.2. The van der Waals surface area contributed by atoms with Gasteiger partial charge in [-0.05, 0) is 23.8 Å². The third-order valence-electron chi connectivity index (χ3n) is 4.25. The van der Waals surface area contributed by atoms with Gasteiger partial charge in [-0.15, -0.1) is 0 Å². The van der Waals surface area contributed by atoms with Crippen LogP contribution in [0.25, 0.3) is 0 Å². The van der Waals surface area contributed by atoms with Gasteiger partial charge < -0.3 is 14.8 Å². The van der Waals surface area contributed by atoms with Gasteiger partial charge in [0.1, 0.15) is 5.75 Å². The number of carbonyl (C=O) groups excluding carboxylic acids is 1. The predicted molar refractivity (Wildman–Crippen MR) is 104 cm³/mol. The minimum Gasteiger partial charge on any atom is -0.484 e. The number of morpholine rings is 1. The van der Waals surface area contributed by atoms with Gasteiger partial charge in [-0.1, -0.05) is 52.3 Å². The summed E-state index contributed by atoms with van der Waals surface area (Å²) in [5.41, 5.74) is 1.09. The minimum absolute atomic E-state index is 0.0110. The number of hydrogen-bond acceptors (Lipinski definition) is 4. The van der Waals surface area contributed by atoms with Gasteiger partial charge in [-0.25, -0.2) is 0 Å². The first kappa shape index (κ1) is 18.9. The first-order valence-corrected chi connectivity index (χ1v) is 9.53. The Kier molecular flexibility index (Phi) is 7.05. The highest BCUT2D eigenvalue weighted by Gasteiger charge is 2.20. The van der Waals surface area contributed by atoms with E-state index < -0.39 is 0 Å². The van der Waals surface area contributed by atoms with Crippen LogP contribution in [0.2, 0.25) is 0 Å². The maximum atomic E-state index is 12.4. The van der Waals surface area contributed by atoms with Crippen molar-refractivity contribution in [1.29, 1.82) is 0 Å². The van der Waals surface area contributed by atoms with E-state index in [4.69, 9.17) is 9.47 Å². The summed E-state index contributed by atoms with van der Waals surface area (Å²) >= 11 is 3.40. The molecule has 0 spiro atoms. The van der Waals surface area contributed by atoms with Crippen molar-refractivity contribution < 1.29 is 14.3 Å². The van der Waals surface area contributed by atoms with E-state index in [2.05, 4.69) is 26.1 Å². The molecule has 3 rings (SSSR count). The minimum atomic E-state index is -0.132. The van der Waals surface area contributed by atoms with Crippen LogP contribution in [0.3, 0.4) is 0 Å². The van der Waals surface area contributed by atoms with Crippen molar-refractivity contribution in [3.05, 3.63) is 64.6 Å². The van der Waals surface area contributed by atoms with Crippen molar-refractivity contribution >= 4 is 21.8 Å². The Hall–Kier alpha value is -1.89. The highest BCUT2D eigenvalue weighted by molar-refractivity contribution is 9.10. The van der Waals surface area contributed by atoms with Crippen LogP contribution in [-0.4, -0.2) is 50.3 Å². The molecule has 0 unspecified atom stereocenters. The quantitative estimate of drug-likeness (QED) is 0.750. The van der Waals surface area contributed by atoms with Gasteiger partial charge in [-0.3, -0.25) is 9.69 Å². The molecule has 0 aromatic heterocycles. The summed E-state index contributed by atoms with van der Waals surface area (Å²) in [5, 5.41) is 3.11. The Morgan fingerprint density at radius 2 is 1.92 bits per heavy atom. The molecule has 0 bridgehead atoms. The number of benzene rings is 2. The summed E-state index contributed by atoms with van der Waals surface area (Å²) in [5.74, 6) is 0.533.